The predicted octanol–water partition coefficient (Wildman–Crippen LogP) is 2.24. The van der Waals surface area contributed by atoms with Gasteiger partial charge in [-0.2, -0.15) is 5.10 Å². The van der Waals surface area contributed by atoms with Gasteiger partial charge in [0.15, 0.2) is 0 Å². The highest BCUT2D eigenvalue weighted by Crippen LogP contribution is 2.29. The molecule has 2 rings (SSSR count). The van der Waals surface area contributed by atoms with Gasteiger partial charge in [-0.15, -0.1) is 0 Å². The van der Waals surface area contributed by atoms with Crippen LogP contribution in [0.4, 0.5) is 0 Å². The molecule has 0 fully saturated rings. The Hall–Kier alpha value is -2.50. The van der Waals surface area contributed by atoms with Crippen LogP contribution in [0.3, 0.4) is 0 Å². The van der Waals surface area contributed by atoms with Crippen LogP contribution < -0.4 is 14.8 Å². The van der Waals surface area contributed by atoms with Crippen molar-refractivity contribution >= 4 is 5.91 Å². The standard InChI is InChI=1S/C16H21N3O3/c1-10(13-8-12(21-4)6-7-15(13)22-5)17-16(20)14-9-19(3)18-11(14)2/h6-10H,1-5H3,(H,17,20). The van der Waals surface area contributed by atoms with Crippen LogP contribution in [0.25, 0.3) is 0 Å². The van der Waals surface area contributed by atoms with Crippen molar-refractivity contribution < 1.29 is 14.3 Å². The molecule has 1 unspecified atom stereocenters. The van der Waals surface area contributed by atoms with Crippen molar-refractivity contribution in [3.05, 3.63) is 41.2 Å². The summed E-state index contributed by atoms with van der Waals surface area (Å²) >= 11 is 0. The molecule has 0 aliphatic heterocycles. The van der Waals surface area contributed by atoms with Crippen LogP contribution in [0.2, 0.25) is 0 Å². The van der Waals surface area contributed by atoms with E-state index in [-0.39, 0.29) is 11.9 Å². The zero-order valence-electron chi connectivity index (χ0n) is 13.5. The van der Waals surface area contributed by atoms with Crippen molar-refractivity contribution in [1.29, 1.82) is 0 Å². The number of carbonyl (C=O) groups excluding carboxylic acids is 1. The summed E-state index contributed by atoms with van der Waals surface area (Å²) < 4.78 is 12.2. The molecule has 22 heavy (non-hydrogen) atoms. The van der Waals surface area contributed by atoms with Gasteiger partial charge in [0.2, 0.25) is 0 Å². The first-order valence-electron chi connectivity index (χ1n) is 6.99. The molecule has 1 aromatic heterocycles. The van der Waals surface area contributed by atoms with Crippen LogP contribution in [0, 0.1) is 6.92 Å². The highest BCUT2D eigenvalue weighted by atomic mass is 16.5. The second-order valence-electron chi connectivity index (χ2n) is 5.10. The third kappa shape index (κ3) is 3.21. The molecule has 1 heterocycles. The molecule has 2 aromatic rings. The Labute approximate surface area is 130 Å². The average molecular weight is 303 g/mol. The molecule has 6 heteroatoms. The zero-order valence-corrected chi connectivity index (χ0v) is 13.5. The van der Waals surface area contributed by atoms with E-state index in [9.17, 15) is 4.79 Å². The number of amides is 1. The molecule has 0 saturated carbocycles. The topological polar surface area (TPSA) is 65.4 Å². The summed E-state index contributed by atoms with van der Waals surface area (Å²) in [6.45, 7) is 3.71. The van der Waals surface area contributed by atoms with Gasteiger partial charge in [0.25, 0.3) is 5.91 Å². The number of hydrogen-bond acceptors (Lipinski definition) is 4. The summed E-state index contributed by atoms with van der Waals surface area (Å²) in [6, 6.07) is 5.28. The maximum absolute atomic E-state index is 12.4. The fraction of sp³-hybridized carbons (Fsp3) is 0.375. The van der Waals surface area contributed by atoms with Crippen LogP contribution in [0.15, 0.2) is 24.4 Å². The Bertz CT molecular complexity index is 679. The highest BCUT2D eigenvalue weighted by Gasteiger charge is 2.18. The number of aromatic nitrogens is 2. The summed E-state index contributed by atoms with van der Waals surface area (Å²) in [5, 5.41) is 7.15. The second kappa shape index (κ2) is 6.51. The number of methoxy groups -OCH3 is 2. The number of nitrogens with one attached hydrogen (secondary N) is 1. The van der Waals surface area contributed by atoms with Crippen LogP contribution in [0.5, 0.6) is 11.5 Å². The molecule has 118 valence electrons. The van der Waals surface area contributed by atoms with Gasteiger partial charge in [-0.1, -0.05) is 0 Å². The van der Waals surface area contributed by atoms with Crippen LogP contribution in [-0.2, 0) is 7.05 Å². The fourth-order valence-electron chi connectivity index (χ4n) is 2.35. The van der Waals surface area contributed by atoms with Gasteiger partial charge in [0.05, 0.1) is 31.5 Å². The molecule has 0 aliphatic rings. The molecule has 0 spiro atoms. The van der Waals surface area contributed by atoms with E-state index < -0.39 is 0 Å². The Morgan fingerprint density at radius 3 is 2.59 bits per heavy atom. The van der Waals surface area contributed by atoms with Gasteiger partial charge in [0.1, 0.15) is 11.5 Å². The van der Waals surface area contributed by atoms with E-state index in [2.05, 4.69) is 10.4 Å². The Morgan fingerprint density at radius 1 is 1.32 bits per heavy atom. The van der Waals surface area contributed by atoms with Crippen LogP contribution >= 0.6 is 0 Å². The Morgan fingerprint density at radius 2 is 2.05 bits per heavy atom. The number of carbonyl (C=O) groups is 1. The lowest BCUT2D eigenvalue weighted by Gasteiger charge is -2.18. The fourth-order valence-corrected chi connectivity index (χ4v) is 2.35. The summed E-state index contributed by atoms with van der Waals surface area (Å²) in [4.78, 5) is 12.4. The Balaban J connectivity index is 2.23. The average Bonchev–Trinajstić information content (AvgIpc) is 2.85. The lowest BCUT2D eigenvalue weighted by Crippen LogP contribution is -2.27. The first-order chi connectivity index (χ1) is 10.5. The van der Waals surface area contributed by atoms with Crippen molar-refractivity contribution in [2.45, 2.75) is 19.9 Å². The number of ether oxygens (including phenoxy) is 2. The quantitative estimate of drug-likeness (QED) is 0.920. The van der Waals surface area contributed by atoms with Crippen molar-refractivity contribution in [3.63, 3.8) is 0 Å². The molecule has 0 bridgehead atoms. The lowest BCUT2D eigenvalue weighted by atomic mass is 10.1. The molecular weight excluding hydrogens is 282 g/mol. The normalized spacial score (nSPS) is 11.9. The number of aryl methyl sites for hydroxylation is 2. The monoisotopic (exact) mass is 303 g/mol. The largest absolute Gasteiger partial charge is 0.497 e. The van der Waals surface area contributed by atoms with E-state index in [0.717, 1.165) is 11.3 Å². The molecule has 1 N–H and O–H groups in total. The van der Waals surface area contributed by atoms with Gasteiger partial charge in [-0.25, -0.2) is 0 Å². The number of hydrogen-bond donors (Lipinski definition) is 1. The molecular formula is C16H21N3O3. The number of benzene rings is 1. The molecule has 1 aromatic carbocycles. The third-order valence-corrected chi connectivity index (χ3v) is 3.51. The van der Waals surface area contributed by atoms with Crippen molar-refractivity contribution in [2.75, 3.05) is 14.2 Å². The van der Waals surface area contributed by atoms with Gasteiger partial charge >= 0.3 is 0 Å². The first kappa shape index (κ1) is 15.9. The molecule has 0 radical (unpaired) electrons. The van der Waals surface area contributed by atoms with Gasteiger partial charge < -0.3 is 14.8 Å². The van der Waals surface area contributed by atoms with E-state index in [1.807, 2.05) is 32.0 Å². The van der Waals surface area contributed by atoms with Gasteiger partial charge in [-0.3, -0.25) is 9.48 Å². The lowest BCUT2D eigenvalue weighted by molar-refractivity contribution is 0.0938. The van der Waals surface area contributed by atoms with E-state index in [0.29, 0.717) is 17.0 Å². The van der Waals surface area contributed by atoms with E-state index in [4.69, 9.17) is 9.47 Å². The van der Waals surface area contributed by atoms with Crippen LogP contribution in [-0.4, -0.2) is 29.9 Å². The number of nitrogens with zero attached hydrogens (tertiary/aromatic N) is 2. The SMILES string of the molecule is COc1ccc(OC)c(C(C)NC(=O)c2cn(C)nc2C)c1. The minimum Gasteiger partial charge on any atom is -0.497 e. The van der Waals surface area contributed by atoms with E-state index >= 15 is 0 Å². The molecule has 6 nitrogen and oxygen atoms in total. The van der Waals surface area contributed by atoms with Crippen molar-refractivity contribution in [2.24, 2.45) is 7.05 Å². The maximum atomic E-state index is 12.4. The maximum Gasteiger partial charge on any atom is 0.255 e. The smallest absolute Gasteiger partial charge is 0.255 e. The van der Waals surface area contributed by atoms with Crippen molar-refractivity contribution in [3.8, 4) is 11.5 Å². The van der Waals surface area contributed by atoms with Crippen LogP contribution in [0.1, 0.15) is 34.6 Å². The van der Waals surface area contributed by atoms with E-state index in [1.165, 1.54) is 0 Å². The molecule has 1 atom stereocenters. The van der Waals surface area contributed by atoms with E-state index in [1.54, 1.807) is 32.1 Å². The summed E-state index contributed by atoms with van der Waals surface area (Å²) in [5.74, 6) is 1.26. The molecule has 1 amide bonds. The first-order valence-corrected chi connectivity index (χ1v) is 6.99. The van der Waals surface area contributed by atoms with Gasteiger partial charge in [-0.05, 0) is 32.0 Å². The second-order valence-corrected chi connectivity index (χ2v) is 5.10. The number of rotatable bonds is 5. The summed E-state index contributed by atoms with van der Waals surface area (Å²) in [6.07, 6.45) is 1.71. The Kier molecular flexibility index (Phi) is 4.70. The predicted molar refractivity (Wildman–Crippen MR) is 83.4 cm³/mol. The minimum absolute atomic E-state index is 0.164. The summed E-state index contributed by atoms with van der Waals surface area (Å²) in [5.41, 5.74) is 2.12. The molecule has 0 saturated heterocycles. The van der Waals surface area contributed by atoms with Crippen molar-refractivity contribution in [1.82, 2.24) is 15.1 Å². The minimum atomic E-state index is -0.225. The third-order valence-electron chi connectivity index (χ3n) is 3.51. The summed E-state index contributed by atoms with van der Waals surface area (Å²) in [7, 11) is 5.00. The molecule has 0 aliphatic carbocycles. The highest BCUT2D eigenvalue weighted by molar-refractivity contribution is 5.95. The van der Waals surface area contributed by atoms with Gasteiger partial charge in [0, 0.05) is 18.8 Å². The zero-order chi connectivity index (χ0) is 16.3.